The highest BCUT2D eigenvalue weighted by molar-refractivity contribution is 5.99. The quantitative estimate of drug-likeness (QED) is 0.460. The maximum atomic E-state index is 13.1. The highest BCUT2D eigenvalue weighted by Gasteiger charge is 2.30. The van der Waals surface area contributed by atoms with E-state index in [0.29, 0.717) is 42.6 Å². The number of nitrogens with zero attached hydrogens (tertiary/aromatic N) is 1. The number of amides is 2. The Morgan fingerprint density at radius 3 is 2.28 bits per heavy atom. The largest absolute Gasteiger partial charge is 0.416 e. The van der Waals surface area contributed by atoms with Gasteiger partial charge in [-0.1, -0.05) is 24.3 Å². The van der Waals surface area contributed by atoms with Gasteiger partial charge in [-0.05, 0) is 66.9 Å². The molecule has 0 aliphatic carbocycles. The lowest BCUT2D eigenvalue weighted by Gasteiger charge is -2.35. The summed E-state index contributed by atoms with van der Waals surface area (Å²) in [5, 5.41) is 5.68. The Balaban J connectivity index is 1.35. The highest BCUT2D eigenvalue weighted by Crippen LogP contribution is 2.29. The predicted octanol–water partition coefficient (Wildman–Crippen LogP) is 5.17. The number of piperidine rings is 1. The number of halogens is 4. The predicted molar refractivity (Wildman–Crippen MR) is 128 cm³/mol. The van der Waals surface area contributed by atoms with E-state index in [1.807, 2.05) is 12.1 Å². The molecule has 188 valence electrons. The van der Waals surface area contributed by atoms with Crippen LogP contribution in [0.25, 0.3) is 0 Å². The van der Waals surface area contributed by atoms with Crippen molar-refractivity contribution in [3.63, 3.8) is 0 Å². The van der Waals surface area contributed by atoms with E-state index < -0.39 is 17.6 Å². The number of carbonyl (C=O) groups is 2. The van der Waals surface area contributed by atoms with E-state index >= 15 is 0 Å². The zero-order chi connectivity index (χ0) is 25.7. The lowest BCUT2D eigenvalue weighted by Crippen LogP contribution is -2.45. The van der Waals surface area contributed by atoms with Crippen LogP contribution in [0.5, 0.6) is 0 Å². The summed E-state index contributed by atoms with van der Waals surface area (Å²) in [6, 6.07) is 17.2. The molecule has 0 bridgehead atoms. The lowest BCUT2D eigenvalue weighted by molar-refractivity contribution is -0.137. The standard InChI is InChI=1S/C27H25F4N3O2/c28-21-10-8-19(9-11-21)25(35)33-22-12-14-34(15-13-22)24-7-2-1-6-23(24)26(36)32-17-18-4-3-5-20(16-18)27(29,30)31/h1-11,16,22H,12-15,17H2,(H,32,36)(H,33,35). The fourth-order valence-electron chi connectivity index (χ4n) is 4.21. The molecular weight excluding hydrogens is 474 g/mol. The van der Waals surface area contributed by atoms with E-state index in [9.17, 15) is 27.2 Å². The van der Waals surface area contributed by atoms with Gasteiger partial charge < -0.3 is 15.5 Å². The Morgan fingerprint density at radius 2 is 1.58 bits per heavy atom. The fraction of sp³-hybridized carbons (Fsp3) is 0.259. The number of carbonyl (C=O) groups excluding carboxylic acids is 2. The Bertz CT molecular complexity index is 1220. The molecule has 3 aromatic rings. The molecule has 2 amide bonds. The molecule has 0 aromatic heterocycles. The molecule has 0 atom stereocenters. The van der Waals surface area contributed by atoms with Crippen molar-refractivity contribution in [2.45, 2.75) is 31.6 Å². The molecule has 0 radical (unpaired) electrons. The van der Waals surface area contributed by atoms with Crippen LogP contribution in [0.15, 0.2) is 72.8 Å². The normalized spacial score (nSPS) is 14.4. The van der Waals surface area contributed by atoms with Crippen molar-refractivity contribution in [3.05, 3.63) is 101 Å². The van der Waals surface area contributed by atoms with Crippen molar-refractivity contribution in [1.82, 2.24) is 10.6 Å². The number of hydrogen-bond donors (Lipinski definition) is 2. The minimum absolute atomic E-state index is 0.0332. The van der Waals surface area contributed by atoms with Crippen LogP contribution >= 0.6 is 0 Å². The number of rotatable bonds is 6. The molecular formula is C27H25F4N3O2. The molecule has 1 fully saturated rings. The van der Waals surface area contributed by atoms with Gasteiger partial charge in [0.25, 0.3) is 11.8 Å². The second kappa shape index (κ2) is 10.8. The molecule has 9 heteroatoms. The summed E-state index contributed by atoms with van der Waals surface area (Å²) in [6.07, 6.45) is -3.13. The first-order valence-corrected chi connectivity index (χ1v) is 11.6. The highest BCUT2D eigenvalue weighted by atomic mass is 19.4. The number of nitrogens with one attached hydrogen (secondary N) is 2. The summed E-state index contributed by atoms with van der Waals surface area (Å²) in [6.45, 7) is 1.17. The molecule has 1 aliphatic heterocycles. The SMILES string of the molecule is O=C(NC1CCN(c2ccccc2C(=O)NCc2cccc(C(F)(F)F)c2)CC1)c1ccc(F)cc1. The second-order valence-electron chi connectivity index (χ2n) is 8.64. The maximum absolute atomic E-state index is 13.1. The van der Waals surface area contributed by atoms with Crippen LogP contribution in [0.3, 0.4) is 0 Å². The molecule has 4 rings (SSSR count). The Labute approximate surface area is 206 Å². The Hall–Kier alpha value is -3.88. The zero-order valence-corrected chi connectivity index (χ0v) is 19.3. The van der Waals surface area contributed by atoms with Gasteiger partial charge in [0.15, 0.2) is 0 Å². The summed E-state index contributed by atoms with van der Waals surface area (Å²) in [4.78, 5) is 27.4. The summed E-state index contributed by atoms with van der Waals surface area (Å²) < 4.78 is 52.0. The fourth-order valence-corrected chi connectivity index (χ4v) is 4.21. The van der Waals surface area contributed by atoms with Gasteiger partial charge >= 0.3 is 6.18 Å². The second-order valence-corrected chi connectivity index (χ2v) is 8.64. The smallest absolute Gasteiger partial charge is 0.371 e. The van der Waals surface area contributed by atoms with Gasteiger partial charge in [0, 0.05) is 36.9 Å². The first-order valence-electron chi connectivity index (χ1n) is 11.6. The average Bonchev–Trinajstić information content (AvgIpc) is 2.88. The molecule has 1 heterocycles. The van der Waals surface area contributed by atoms with Crippen molar-refractivity contribution in [2.24, 2.45) is 0 Å². The van der Waals surface area contributed by atoms with Gasteiger partial charge in [-0.2, -0.15) is 13.2 Å². The van der Waals surface area contributed by atoms with E-state index in [-0.39, 0.29) is 24.4 Å². The van der Waals surface area contributed by atoms with E-state index in [1.54, 1.807) is 12.1 Å². The third kappa shape index (κ3) is 6.21. The van der Waals surface area contributed by atoms with E-state index in [0.717, 1.165) is 17.8 Å². The van der Waals surface area contributed by atoms with Crippen LogP contribution in [-0.2, 0) is 12.7 Å². The maximum Gasteiger partial charge on any atom is 0.416 e. The van der Waals surface area contributed by atoms with Crippen LogP contribution in [0.2, 0.25) is 0 Å². The number of para-hydroxylation sites is 1. The van der Waals surface area contributed by atoms with Crippen molar-refractivity contribution in [2.75, 3.05) is 18.0 Å². The Kier molecular flexibility index (Phi) is 7.57. The topological polar surface area (TPSA) is 61.4 Å². The average molecular weight is 500 g/mol. The van der Waals surface area contributed by atoms with Gasteiger partial charge in [-0.15, -0.1) is 0 Å². The molecule has 0 spiro atoms. The first kappa shape index (κ1) is 25.2. The third-order valence-electron chi connectivity index (χ3n) is 6.13. The first-order chi connectivity index (χ1) is 17.2. The molecule has 1 aliphatic rings. The number of benzene rings is 3. The summed E-state index contributed by atoms with van der Waals surface area (Å²) in [7, 11) is 0. The molecule has 0 unspecified atom stereocenters. The molecule has 2 N–H and O–H groups in total. The lowest BCUT2D eigenvalue weighted by atomic mass is 10.0. The number of anilines is 1. The molecule has 1 saturated heterocycles. The Morgan fingerprint density at radius 1 is 0.889 bits per heavy atom. The molecule has 0 saturated carbocycles. The van der Waals surface area contributed by atoms with E-state index in [4.69, 9.17) is 0 Å². The minimum atomic E-state index is -4.45. The van der Waals surface area contributed by atoms with Gasteiger partial charge in [0.05, 0.1) is 11.1 Å². The number of hydrogen-bond acceptors (Lipinski definition) is 3. The molecule has 5 nitrogen and oxygen atoms in total. The van der Waals surface area contributed by atoms with Crippen LogP contribution in [0, 0.1) is 5.82 Å². The van der Waals surface area contributed by atoms with E-state index in [1.165, 1.54) is 36.4 Å². The monoisotopic (exact) mass is 499 g/mol. The third-order valence-corrected chi connectivity index (χ3v) is 6.13. The molecule has 3 aromatic carbocycles. The van der Waals surface area contributed by atoms with Gasteiger partial charge in [-0.3, -0.25) is 9.59 Å². The van der Waals surface area contributed by atoms with Crippen molar-refractivity contribution in [3.8, 4) is 0 Å². The van der Waals surface area contributed by atoms with Gasteiger partial charge in [0.1, 0.15) is 5.82 Å². The molecule has 36 heavy (non-hydrogen) atoms. The minimum Gasteiger partial charge on any atom is -0.371 e. The van der Waals surface area contributed by atoms with Crippen LogP contribution in [-0.4, -0.2) is 30.9 Å². The summed E-state index contributed by atoms with van der Waals surface area (Å²) >= 11 is 0. The van der Waals surface area contributed by atoms with Crippen molar-refractivity contribution >= 4 is 17.5 Å². The van der Waals surface area contributed by atoms with Gasteiger partial charge in [-0.25, -0.2) is 4.39 Å². The van der Waals surface area contributed by atoms with Crippen LogP contribution in [0.1, 0.15) is 44.7 Å². The zero-order valence-electron chi connectivity index (χ0n) is 19.3. The van der Waals surface area contributed by atoms with E-state index in [2.05, 4.69) is 15.5 Å². The number of alkyl halides is 3. The van der Waals surface area contributed by atoms with Gasteiger partial charge in [0.2, 0.25) is 0 Å². The van der Waals surface area contributed by atoms with Crippen molar-refractivity contribution < 1.29 is 27.2 Å². The van der Waals surface area contributed by atoms with Crippen LogP contribution in [0.4, 0.5) is 23.2 Å². The summed E-state index contributed by atoms with van der Waals surface area (Å²) in [5.74, 6) is -1.05. The van der Waals surface area contributed by atoms with Crippen LogP contribution < -0.4 is 15.5 Å². The summed E-state index contributed by atoms with van der Waals surface area (Å²) in [5.41, 5.74) is 1.14. The van der Waals surface area contributed by atoms with Crippen molar-refractivity contribution in [1.29, 1.82) is 0 Å².